The summed E-state index contributed by atoms with van der Waals surface area (Å²) in [4.78, 5) is 16.1. The third-order valence-corrected chi connectivity index (χ3v) is 4.17. The largest absolute Gasteiger partial charge is 0.440 e. The van der Waals surface area contributed by atoms with E-state index in [1.165, 1.54) is 0 Å². The van der Waals surface area contributed by atoms with Crippen LogP contribution in [0.5, 0.6) is 0 Å². The number of nitrogens with one attached hydrogen (secondary N) is 1. The Morgan fingerprint density at radius 3 is 2.88 bits per heavy atom. The Labute approximate surface area is 95.7 Å². The van der Waals surface area contributed by atoms with E-state index < -0.39 is 0 Å². The summed E-state index contributed by atoms with van der Waals surface area (Å²) in [6, 6.07) is 0.265. The summed E-state index contributed by atoms with van der Waals surface area (Å²) in [6.07, 6.45) is 1.81. The quantitative estimate of drug-likeness (QED) is 0.624. The van der Waals surface area contributed by atoms with Gasteiger partial charge in [0.25, 0.3) is 0 Å². The highest BCUT2D eigenvalue weighted by atomic mass is 16.6. The van der Waals surface area contributed by atoms with E-state index in [2.05, 4.69) is 17.3 Å². The van der Waals surface area contributed by atoms with Gasteiger partial charge >= 0.3 is 6.09 Å². The molecule has 90 valence electrons. The molecule has 0 aromatic rings. The van der Waals surface area contributed by atoms with Crippen molar-refractivity contribution < 1.29 is 9.53 Å². The Bertz CT molecular complexity index is 302. The third kappa shape index (κ3) is 1.42. The summed E-state index contributed by atoms with van der Waals surface area (Å²) in [6.45, 7) is 4.64. The molecule has 5 heteroatoms. The molecule has 3 rings (SSSR count). The molecular formula is C11H19N3O2. The van der Waals surface area contributed by atoms with Gasteiger partial charge < -0.3 is 15.0 Å². The normalized spacial score (nSPS) is 33.9. The number of rotatable bonds is 0. The summed E-state index contributed by atoms with van der Waals surface area (Å²) in [7, 11) is 2.12. The number of fused-ring (bicyclic) bond motifs is 2. The van der Waals surface area contributed by atoms with Crippen molar-refractivity contribution in [3.05, 3.63) is 0 Å². The summed E-state index contributed by atoms with van der Waals surface area (Å²) in [5, 5.41) is 3.33. The molecule has 0 radical (unpaired) electrons. The number of likely N-dealkylation sites (N-methyl/N-ethyl adjacent to an activating group) is 1. The van der Waals surface area contributed by atoms with Crippen LogP contribution in [0.1, 0.15) is 12.8 Å². The Morgan fingerprint density at radius 1 is 1.38 bits per heavy atom. The van der Waals surface area contributed by atoms with Gasteiger partial charge in [0.1, 0.15) is 5.60 Å². The van der Waals surface area contributed by atoms with E-state index in [4.69, 9.17) is 4.74 Å². The van der Waals surface area contributed by atoms with Gasteiger partial charge in [0.2, 0.25) is 0 Å². The highest BCUT2D eigenvalue weighted by Crippen LogP contribution is 2.38. The standard InChI is InChI=1S/C11H19N3O2/c1-13-6-7-14-9(8-13)11(16-10(14)15)2-4-12-5-3-11/h9,12H,2-8H2,1H3. The predicted octanol–water partition coefficient (Wildman–Crippen LogP) is -0.125. The van der Waals surface area contributed by atoms with Gasteiger partial charge in [0.15, 0.2) is 0 Å². The first-order chi connectivity index (χ1) is 7.71. The average Bonchev–Trinajstić information content (AvgIpc) is 2.53. The molecule has 1 spiro atoms. The molecular weight excluding hydrogens is 206 g/mol. The number of amides is 1. The summed E-state index contributed by atoms with van der Waals surface area (Å²) >= 11 is 0. The highest BCUT2D eigenvalue weighted by Gasteiger charge is 2.55. The van der Waals surface area contributed by atoms with Crippen LogP contribution < -0.4 is 5.32 Å². The van der Waals surface area contributed by atoms with Crippen molar-refractivity contribution in [2.75, 3.05) is 39.8 Å². The number of piperazine rings is 1. The lowest BCUT2D eigenvalue weighted by atomic mass is 9.84. The number of carbonyl (C=O) groups excluding carboxylic acids is 1. The van der Waals surface area contributed by atoms with Gasteiger partial charge in [0, 0.05) is 32.5 Å². The van der Waals surface area contributed by atoms with Gasteiger partial charge in [-0.25, -0.2) is 4.79 Å². The summed E-state index contributed by atoms with van der Waals surface area (Å²) < 4.78 is 5.71. The fourth-order valence-electron chi connectivity index (χ4n) is 3.17. The van der Waals surface area contributed by atoms with Gasteiger partial charge in [0.05, 0.1) is 6.04 Å². The van der Waals surface area contributed by atoms with Crippen LogP contribution >= 0.6 is 0 Å². The van der Waals surface area contributed by atoms with Gasteiger partial charge in [-0.05, 0) is 20.1 Å². The van der Waals surface area contributed by atoms with Crippen LogP contribution in [0.4, 0.5) is 4.79 Å². The van der Waals surface area contributed by atoms with Crippen molar-refractivity contribution in [3.63, 3.8) is 0 Å². The van der Waals surface area contributed by atoms with Gasteiger partial charge in [-0.15, -0.1) is 0 Å². The Morgan fingerprint density at radius 2 is 2.12 bits per heavy atom. The second-order valence-corrected chi connectivity index (χ2v) is 5.15. The zero-order valence-corrected chi connectivity index (χ0v) is 9.74. The molecule has 3 saturated heterocycles. The van der Waals surface area contributed by atoms with Crippen molar-refractivity contribution in [3.8, 4) is 0 Å². The molecule has 1 atom stereocenters. The molecule has 0 aliphatic carbocycles. The fourth-order valence-corrected chi connectivity index (χ4v) is 3.17. The number of hydrogen-bond donors (Lipinski definition) is 1. The molecule has 3 aliphatic heterocycles. The lowest BCUT2D eigenvalue weighted by Gasteiger charge is -2.42. The van der Waals surface area contributed by atoms with Gasteiger partial charge in [-0.1, -0.05) is 0 Å². The van der Waals surface area contributed by atoms with Crippen molar-refractivity contribution in [1.82, 2.24) is 15.1 Å². The van der Waals surface area contributed by atoms with E-state index in [1.807, 2.05) is 4.90 Å². The maximum absolute atomic E-state index is 11.9. The number of carbonyl (C=O) groups is 1. The molecule has 0 saturated carbocycles. The Hall–Kier alpha value is -0.810. The molecule has 3 fully saturated rings. The zero-order valence-electron chi connectivity index (χ0n) is 9.74. The number of ether oxygens (including phenoxy) is 1. The summed E-state index contributed by atoms with van der Waals surface area (Å²) in [5.74, 6) is 0. The number of nitrogens with zero attached hydrogens (tertiary/aromatic N) is 2. The van der Waals surface area contributed by atoms with Crippen molar-refractivity contribution in [1.29, 1.82) is 0 Å². The van der Waals surface area contributed by atoms with Gasteiger partial charge in [-0.2, -0.15) is 0 Å². The summed E-state index contributed by atoms with van der Waals surface area (Å²) in [5.41, 5.74) is -0.211. The van der Waals surface area contributed by atoms with Crippen LogP contribution in [0.25, 0.3) is 0 Å². The van der Waals surface area contributed by atoms with Crippen LogP contribution in [0.15, 0.2) is 0 Å². The van der Waals surface area contributed by atoms with Crippen molar-refractivity contribution >= 4 is 6.09 Å². The molecule has 16 heavy (non-hydrogen) atoms. The van der Waals surface area contributed by atoms with Crippen LogP contribution in [0, 0.1) is 0 Å². The van der Waals surface area contributed by atoms with E-state index in [1.54, 1.807) is 0 Å². The molecule has 0 bridgehead atoms. The molecule has 0 aromatic carbocycles. The Kier molecular flexibility index (Phi) is 2.33. The average molecular weight is 225 g/mol. The molecule has 1 N–H and O–H groups in total. The van der Waals surface area contributed by atoms with Crippen LogP contribution in [0.3, 0.4) is 0 Å². The second kappa shape index (κ2) is 3.60. The minimum Gasteiger partial charge on any atom is -0.440 e. The molecule has 3 aliphatic rings. The first-order valence-corrected chi connectivity index (χ1v) is 6.10. The van der Waals surface area contributed by atoms with E-state index >= 15 is 0 Å². The third-order valence-electron chi connectivity index (χ3n) is 4.17. The fraction of sp³-hybridized carbons (Fsp3) is 0.909. The van der Waals surface area contributed by atoms with Crippen molar-refractivity contribution in [2.45, 2.75) is 24.5 Å². The minimum absolute atomic E-state index is 0.0972. The van der Waals surface area contributed by atoms with Crippen LogP contribution in [-0.2, 0) is 4.74 Å². The van der Waals surface area contributed by atoms with E-state index in [0.29, 0.717) is 0 Å². The maximum Gasteiger partial charge on any atom is 0.410 e. The first kappa shape index (κ1) is 10.4. The predicted molar refractivity (Wildman–Crippen MR) is 59.3 cm³/mol. The first-order valence-electron chi connectivity index (χ1n) is 6.10. The van der Waals surface area contributed by atoms with Crippen LogP contribution in [-0.4, -0.2) is 67.3 Å². The molecule has 5 nitrogen and oxygen atoms in total. The highest BCUT2D eigenvalue weighted by molar-refractivity contribution is 5.72. The van der Waals surface area contributed by atoms with Crippen LogP contribution in [0.2, 0.25) is 0 Å². The zero-order chi connectivity index (χ0) is 11.2. The second-order valence-electron chi connectivity index (χ2n) is 5.15. The maximum atomic E-state index is 11.9. The topological polar surface area (TPSA) is 44.8 Å². The number of piperidine rings is 1. The smallest absolute Gasteiger partial charge is 0.410 e. The molecule has 1 unspecified atom stereocenters. The van der Waals surface area contributed by atoms with E-state index in [-0.39, 0.29) is 17.7 Å². The molecule has 1 amide bonds. The van der Waals surface area contributed by atoms with E-state index in [0.717, 1.165) is 45.6 Å². The minimum atomic E-state index is -0.211. The monoisotopic (exact) mass is 225 g/mol. The molecule has 3 heterocycles. The number of hydrogen-bond acceptors (Lipinski definition) is 4. The lowest BCUT2D eigenvalue weighted by molar-refractivity contribution is -0.00626. The molecule has 0 aromatic heterocycles. The van der Waals surface area contributed by atoms with Crippen molar-refractivity contribution in [2.24, 2.45) is 0 Å². The van der Waals surface area contributed by atoms with E-state index in [9.17, 15) is 4.79 Å². The van der Waals surface area contributed by atoms with Gasteiger partial charge in [-0.3, -0.25) is 4.90 Å². The lowest BCUT2D eigenvalue weighted by Crippen LogP contribution is -2.59. The SMILES string of the molecule is CN1CCN2C(=O)OC3(CCNCC3)C2C1. The Balaban J connectivity index is 1.86.